The van der Waals surface area contributed by atoms with E-state index in [2.05, 4.69) is 0 Å². The van der Waals surface area contributed by atoms with Crippen molar-refractivity contribution in [2.24, 2.45) is 0 Å². The molecular formula is C25H23FN2O4S. The van der Waals surface area contributed by atoms with Crippen LogP contribution < -0.4 is 19.8 Å². The van der Waals surface area contributed by atoms with E-state index in [1.54, 1.807) is 18.2 Å². The fourth-order valence-electron chi connectivity index (χ4n) is 3.54. The minimum atomic E-state index is -0.445. The molecule has 4 rings (SSSR count). The van der Waals surface area contributed by atoms with Crippen LogP contribution in [0.3, 0.4) is 0 Å². The first kappa shape index (κ1) is 22.7. The summed E-state index contributed by atoms with van der Waals surface area (Å²) in [7, 11) is 4.45. The number of ether oxygens (including phenoxy) is 3. The lowest BCUT2D eigenvalue weighted by atomic mass is 10.2. The number of nitrogens with zero attached hydrogens (tertiary/aromatic N) is 2. The minimum Gasteiger partial charge on any atom is -0.493 e. The normalized spacial score (nSPS) is 10.9. The van der Waals surface area contributed by atoms with Gasteiger partial charge in [-0.05, 0) is 36.8 Å². The Morgan fingerprint density at radius 1 is 0.970 bits per heavy atom. The molecule has 0 aliphatic rings. The summed E-state index contributed by atoms with van der Waals surface area (Å²) in [6.07, 6.45) is 0. The van der Waals surface area contributed by atoms with Crippen LogP contribution in [-0.2, 0) is 5.75 Å². The molecule has 0 aliphatic carbocycles. The number of hydrogen-bond acceptors (Lipinski definition) is 6. The minimum absolute atomic E-state index is 0.272. The van der Waals surface area contributed by atoms with E-state index in [9.17, 15) is 9.18 Å². The van der Waals surface area contributed by atoms with E-state index in [-0.39, 0.29) is 10.9 Å². The maximum atomic E-state index is 14.1. The molecule has 4 aromatic rings. The van der Waals surface area contributed by atoms with Gasteiger partial charge in [0.1, 0.15) is 11.3 Å². The highest BCUT2D eigenvalue weighted by atomic mass is 32.2. The molecule has 170 valence electrons. The molecule has 0 fully saturated rings. The van der Waals surface area contributed by atoms with Gasteiger partial charge < -0.3 is 14.2 Å². The first-order chi connectivity index (χ1) is 16.0. The molecule has 33 heavy (non-hydrogen) atoms. The van der Waals surface area contributed by atoms with Crippen molar-refractivity contribution < 1.29 is 18.6 Å². The number of hydrogen-bond donors (Lipinski definition) is 0. The van der Waals surface area contributed by atoms with Gasteiger partial charge in [-0.25, -0.2) is 9.37 Å². The van der Waals surface area contributed by atoms with Crippen molar-refractivity contribution >= 4 is 22.7 Å². The van der Waals surface area contributed by atoms with Gasteiger partial charge in [-0.2, -0.15) is 0 Å². The van der Waals surface area contributed by atoms with Gasteiger partial charge in [-0.1, -0.05) is 47.7 Å². The van der Waals surface area contributed by atoms with Crippen LogP contribution in [0.4, 0.5) is 4.39 Å². The molecule has 0 saturated carbocycles. The predicted molar refractivity (Wildman–Crippen MR) is 128 cm³/mol. The second-order valence-corrected chi connectivity index (χ2v) is 8.27. The van der Waals surface area contributed by atoms with E-state index in [4.69, 9.17) is 19.2 Å². The summed E-state index contributed by atoms with van der Waals surface area (Å²) in [5, 5.41) is 0.678. The highest BCUT2D eigenvalue weighted by molar-refractivity contribution is 7.98. The summed E-state index contributed by atoms with van der Waals surface area (Å²) in [6.45, 7) is 2.03. The fourth-order valence-corrected chi connectivity index (χ4v) is 4.50. The summed E-state index contributed by atoms with van der Waals surface area (Å²) in [6, 6.07) is 15.6. The second kappa shape index (κ2) is 9.54. The van der Waals surface area contributed by atoms with Gasteiger partial charge in [0.15, 0.2) is 16.7 Å². The number of aromatic nitrogens is 2. The highest BCUT2D eigenvalue weighted by Gasteiger charge is 2.22. The van der Waals surface area contributed by atoms with Crippen LogP contribution in [0.15, 0.2) is 64.5 Å². The number of methoxy groups -OCH3 is 3. The van der Waals surface area contributed by atoms with Crippen LogP contribution in [0.25, 0.3) is 16.6 Å². The lowest BCUT2D eigenvalue weighted by Gasteiger charge is -2.17. The molecule has 6 nitrogen and oxygen atoms in total. The van der Waals surface area contributed by atoms with Gasteiger partial charge in [0.05, 0.1) is 32.4 Å². The Morgan fingerprint density at radius 3 is 2.33 bits per heavy atom. The quantitative estimate of drug-likeness (QED) is 0.277. The van der Waals surface area contributed by atoms with Gasteiger partial charge >= 0.3 is 0 Å². The highest BCUT2D eigenvalue weighted by Crippen LogP contribution is 2.42. The van der Waals surface area contributed by atoms with Crippen LogP contribution in [0.2, 0.25) is 0 Å². The lowest BCUT2D eigenvalue weighted by molar-refractivity contribution is 0.326. The number of benzene rings is 3. The monoisotopic (exact) mass is 466 g/mol. The molecule has 0 amide bonds. The topological polar surface area (TPSA) is 62.6 Å². The average molecular weight is 467 g/mol. The van der Waals surface area contributed by atoms with Gasteiger partial charge in [-0.15, -0.1) is 0 Å². The molecule has 0 spiro atoms. The summed E-state index contributed by atoms with van der Waals surface area (Å²) < 4.78 is 31.9. The third-order valence-electron chi connectivity index (χ3n) is 5.19. The molecule has 0 atom stereocenters. The van der Waals surface area contributed by atoms with Crippen LogP contribution in [0.1, 0.15) is 11.1 Å². The van der Waals surface area contributed by atoms with Crippen molar-refractivity contribution in [3.63, 3.8) is 0 Å². The van der Waals surface area contributed by atoms with Crippen LogP contribution >= 0.6 is 11.8 Å². The van der Waals surface area contributed by atoms with Crippen LogP contribution in [0.5, 0.6) is 17.2 Å². The number of halogens is 1. The van der Waals surface area contributed by atoms with Crippen molar-refractivity contribution in [3.8, 4) is 22.9 Å². The molecular weight excluding hydrogens is 443 g/mol. The maximum absolute atomic E-state index is 14.1. The van der Waals surface area contributed by atoms with Gasteiger partial charge in [0, 0.05) is 5.75 Å². The molecule has 0 saturated heterocycles. The SMILES string of the molecule is COc1cc2c(=O)n(-c3cccc(F)c3)c(SCc3ccc(C)cc3)nc2c(OC)c1OC. The van der Waals surface area contributed by atoms with Gasteiger partial charge in [0.2, 0.25) is 5.75 Å². The zero-order valence-electron chi connectivity index (χ0n) is 18.7. The van der Waals surface area contributed by atoms with Gasteiger partial charge in [0.25, 0.3) is 5.56 Å². The Balaban J connectivity index is 1.97. The first-order valence-corrected chi connectivity index (χ1v) is 11.2. The molecule has 1 aromatic heterocycles. The molecule has 0 bridgehead atoms. The van der Waals surface area contributed by atoms with Gasteiger partial charge in [-0.3, -0.25) is 9.36 Å². The average Bonchev–Trinajstić information content (AvgIpc) is 2.82. The zero-order chi connectivity index (χ0) is 23.5. The first-order valence-electron chi connectivity index (χ1n) is 10.2. The van der Waals surface area contributed by atoms with Crippen molar-refractivity contribution in [3.05, 3.63) is 81.9 Å². The molecule has 0 aliphatic heterocycles. The van der Waals surface area contributed by atoms with E-state index in [1.165, 1.54) is 49.8 Å². The van der Waals surface area contributed by atoms with Crippen molar-refractivity contribution in [1.82, 2.24) is 9.55 Å². The summed E-state index contributed by atoms with van der Waals surface area (Å²) in [4.78, 5) is 18.5. The Kier molecular flexibility index (Phi) is 6.55. The van der Waals surface area contributed by atoms with E-state index in [0.29, 0.717) is 39.4 Å². The Labute approximate surface area is 194 Å². The van der Waals surface area contributed by atoms with E-state index < -0.39 is 5.82 Å². The third kappa shape index (κ3) is 4.39. The Morgan fingerprint density at radius 2 is 1.70 bits per heavy atom. The molecule has 0 radical (unpaired) electrons. The van der Waals surface area contributed by atoms with Crippen molar-refractivity contribution in [2.75, 3.05) is 21.3 Å². The molecule has 0 unspecified atom stereocenters. The lowest BCUT2D eigenvalue weighted by Crippen LogP contribution is -2.22. The number of rotatable bonds is 7. The van der Waals surface area contributed by atoms with E-state index in [0.717, 1.165) is 11.1 Å². The largest absolute Gasteiger partial charge is 0.493 e. The summed E-state index contributed by atoms with van der Waals surface area (Å²) in [5.41, 5.74) is 2.60. The van der Waals surface area contributed by atoms with Crippen molar-refractivity contribution in [1.29, 1.82) is 0 Å². The zero-order valence-corrected chi connectivity index (χ0v) is 19.5. The predicted octanol–water partition coefficient (Wildman–Crippen LogP) is 5.15. The molecule has 8 heteroatoms. The maximum Gasteiger partial charge on any atom is 0.266 e. The molecule has 0 N–H and O–H groups in total. The fraction of sp³-hybridized carbons (Fsp3) is 0.200. The second-order valence-electron chi connectivity index (χ2n) is 7.33. The molecule has 3 aromatic carbocycles. The van der Waals surface area contributed by atoms with E-state index in [1.807, 2.05) is 31.2 Å². The van der Waals surface area contributed by atoms with E-state index >= 15 is 0 Å². The number of thioether (sulfide) groups is 1. The summed E-state index contributed by atoms with van der Waals surface area (Å²) >= 11 is 1.38. The third-order valence-corrected chi connectivity index (χ3v) is 6.20. The standard InChI is InChI=1S/C25H23FN2O4S/c1-15-8-10-16(11-9-15)14-33-25-27-21-19(13-20(30-2)22(31-3)23(21)32-4)24(29)28(25)18-7-5-6-17(26)12-18/h5-13H,14H2,1-4H3. The number of fused-ring (bicyclic) bond motifs is 1. The smallest absolute Gasteiger partial charge is 0.266 e. The number of aryl methyl sites for hydroxylation is 1. The Bertz CT molecular complexity index is 1370. The van der Waals surface area contributed by atoms with Crippen LogP contribution in [0, 0.1) is 12.7 Å². The Hall–Kier alpha value is -3.52. The van der Waals surface area contributed by atoms with Crippen LogP contribution in [-0.4, -0.2) is 30.9 Å². The summed E-state index contributed by atoms with van der Waals surface area (Å²) in [5.74, 6) is 1.11. The molecule has 1 heterocycles. The van der Waals surface area contributed by atoms with Crippen molar-refractivity contribution in [2.45, 2.75) is 17.8 Å².